The molecule has 3 amide bonds. The summed E-state index contributed by atoms with van der Waals surface area (Å²) in [7, 11) is 1.55. The number of nitrogens with one attached hydrogen (secondary N) is 1. The van der Waals surface area contributed by atoms with Crippen molar-refractivity contribution < 1.29 is 27.9 Å². The second-order valence-corrected chi connectivity index (χ2v) is 8.44. The van der Waals surface area contributed by atoms with Crippen LogP contribution >= 0.6 is 0 Å². The number of fused-ring (bicyclic) bond motifs is 1. The maximum Gasteiger partial charge on any atom is 0.261 e. The first-order valence-electron chi connectivity index (χ1n) is 10.5. The van der Waals surface area contributed by atoms with Crippen LogP contribution in [0.3, 0.4) is 0 Å². The minimum Gasteiger partial charge on any atom is -0.385 e. The number of halogens is 2. The molecule has 1 aliphatic carbocycles. The minimum absolute atomic E-state index is 0.127. The van der Waals surface area contributed by atoms with Gasteiger partial charge in [0.15, 0.2) is 0 Å². The molecule has 2 aromatic carbocycles. The predicted octanol–water partition coefficient (Wildman–Crippen LogP) is 3.30. The molecule has 0 saturated heterocycles. The molecule has 0 spiro atoms. The van der Waals surface area contributed by atoms with E-state index in [1.54, 1.807) is 7.11 Å². The molecule has 0 aromatic heterocycles. The van der Waals surface area contributed by atoms with Crippen molar-refractivity contribution in [1.29, 1.82) is 0 Å². The topological polar surface area (TPSA) is 75.7 Å². The van der Waals surface area contributed by atoms with E-state index in [0.717, 1.165) is 11.0 Å². The fraction of sp³-hybridized carbons (Fsp3) is 0.375. The maximum absolute atomic E-state index is 14.3. The highest BCUT2D eigenvalue weighted by atomic mass is 19.1. The summed E-state index contributed by atoms with van der Waals surface area (Å²) in [6.07, 6.45) is 1.19. The van der Waals surface area contributed by atoms with Gasteiger partial charge in [0.25, 0.3) is 17.7 Å². The van der Waals surface area contributed by atoms with Crippen LogP contribution in [0, 0.1) is 17.6 Å². The molecular formula is C24H24F2N2O4. The fourth-order valence-electron chi connectivity index (χ4n) is 4.44. The van der Waals surface area contributed by atoms with Crippen molar-refractivity contribution in [3.8, 4) is 0 Å². The molecule has 1 aliphatic heterocycles. The Bertz CT molecular complexity index is 1100. The zero-order valence-electron chi connectivity index (χ0n) is 17.9. The number of methoxy groups -OCH3 is 1. The van der Waals surface area contributed by atoms with E-state index in [0.29, 0.717) is 25.0 Å². The summed E-state index contributed by atoms with van der Waals surface area (Å²) < 4.78 is 32.6. The highest BCUT2D eigenvalue weighted by Crippen LogP contribution is 2.54. The maximum atomic E-state index is 14.3. The third kappa shape index (κ3) is 3.79. The number of carbonyl (C=O) groups is 3. The van der Waals surface area contributed by atoms with E-state index in [2.05, 4.69) is 5.32 Å². The first-order valence-corrected chi connectivity index (χ1v) is 10.5. The Morgan fingerprint density at radius 1 is 1.16 bits per heavy atom. The van der Waals surface area contributed by atoms with Crippen molar-refractivity contribution in [3.63, 3.8) is 0 Å². The number of ether oxygens (including phenoxy) is 1. The Morgan fingerprint density at radius 2 is 1.88 bits per heavy atom. The number of nitrogens with zero attached hydrogens (tertiary/aromatic N) is 1. The van der Waals surface area contributed by atoms with Crippen LogP contribution < -0.4 is 5.32 Å². The molecular weight excluding hydrogens is 418 g/mol. The normalized spacial score (nSPS) is 21.6. The van der Waals surface area contributed by atoms with Gasteiger partial charge in [-0.05, 0) is 48.6 Å². The lowest BCUT2D eigenvalue weighted by Crippen LogP contribution is -2.34. The van der Waals surface area contributed by atoms with E-state index >= 15 is 0 Å². The summed E-state index contributed by atoms with van der Waals surface area (Å²) in [5.41, 5.74) is 0.497. The molecule has 1 saturated carbocycles. The second kappa shape index (κ2) is 8.43. The number of hydrogen-bond donors (Lipinski definition) is 1. The summed E-state index contributed by atoms with van der Waals surface area (Å²) in [6, 6.07) is 7.90. The van der Waals surface area contributed by atoms with Gasteiger partial charge < -0.3 is 10.1 Å². The quantitative estimate of drug-likeness (QED) is 0.503. The molecule has 2 atom stereocenters. The van der Waals surface area contributed by atoms with E-state index in [4.69, 9.17) is 4.74 Å². The summed E-state index contributed by atoms with van der Waals surface area (Å²) in [4.78, 5) is 39.1. The first-order chi connectivity index (χ1) is 15.3. The third-order valence-electron chi connectivity index (χ3n) is 6.45. The molecule has 8 heteroatoms. The zero-order valence-corrected chi connectivity index (χ0v) is 17.9. The Kier molecular flexibility index (Phi) is 5.81. The lowest BCUT2D eigenvalue weighted by atomic mass is 9.92. The van der Waals surface area contributed by atoms with Crippen LogP contribution in [0.1, 0.15) is 56.4 Å². The van der Waals surface area contributed by atoms with E-state index in [9.17, 15) is 23.2 Å². The standard InChI is InChI=1S/C24H24F2N2O4/c1-14-12-24(14,19-7-5-16(25)11-20(19)26)13-27-21(29)15-4-6-17-18(10-15)23(31)28(22(17)30)8-3-9-32-2/h4-7,10-11,14H,3,8-9,12-13H2,1-2H3,(H,27,29). The second-order valence-electron chi connectivity index (χ2n) is 8.44. The van der Waals surface area contributed by atoms with Crippen LogP contribution in [0.5, 0.6) is 0 Å². The first kappa shape index (κ1) is 22.1. The summed E-state index contributed by atoms with van der Waals surface area (Å²) >= 11 is 0. The molecule has 168 valence electrons. The van der Waals surface area contributed by atoms with Crippen molar-refractivity contribution in [3.05, 3.63) is 70.3 Å². The van der Waals surface area contributed by atoms with Crippen LogP contribution in [0.15, 0.2) is 36.4 Å². The van der Waals surface area contributed by atoms with Gasteiger partial charge >= 0.3 is 0 Å². The molecule has 0 bridgehead atoms. The number of hydrogen-bond acceptors (Lipinski definition) is 4. The molecule has 6 nitrogen and oxygen atoms in total. The van der Waals surface area contributed by atoms with E-state index in [1.165, 1.54) is 30.3 Å². The van der Waals surface area contributed by atoms with Crippen LogP contribution in [-0.2, 0) is 10.2 Å². The molecule has 32 heavy (non-hydrogen) atoms. The van der Waals surface area contributed by atoms with Crippen LogP contribution in [-0.4, -0.2) is 49.4 Å². The highest BCUT2D eigenvalue weighted by molar-refractivity contribution is 6.22. The fourth-order valence-corrected chi connectivity index (χ4v) is 4.44. The van der Waals surface area contributed by atoms with Gasteiger partial charge in [-0.3, -0.25) is 19.3 Å². The summed E-state index contributed by atoms with van der Waals surface area (Å²) in [5, 5.41) is 2.82. The van der Waals surface area contributed by atoms with Gasteiger partial charge in [0, 0.05) is 43.9 Å². The lowest BCUT2D eigenvalue weighted by molar-refractivity contribution is 0.0638. The largest absolute Gasteiger partial charge is 0.385 e. The highest BCUT2D eigenvalue weighted by Gasteiger charge is 2.53. The number of benzene rings is 2. The van der Waals surface area contributed by atoms with E-state index in [-0.39, 0.29) is 41.6 Å². The number of amides is 3. The molecule has 2 aliphatic rings. The van der Waals surface area contributed by atoms with Gasteiger partial charge in [-0.25, -0.2) is 8.78 Å². The molecule has 1 fully saturated rings. The third-order valence-corrected chi connectivity index (χ3v) is 6.45. The van der Waals surface area contributed by atoms with Gasteiger partial charge in [-0.1, -0.05) is 13.0 Å². The van der Waals surface area contributed by atoms with Crippen molar-refractivity contribution in [2.75, 3.05) is 26.8 Å². The zero-order chi connectivity index (χ0) is 23.0. The number of imide groups is 1. The molecule has 0 radical (unpaired) electrons. The average Bonchev–Trinajstić information content (AvgIpc) is 3.36. The van der Waals surface area contributed by atoms with Crippen molar-refractivity contribution >= 4 is 17.7 Å². The molecule has 1 heterocycles. The number of carbonyl (C=O) groups excluding carboxylic acids is 3. The summed E-state index contributed by atoms with van der Waals surface area (Å²) in [5.74, 6) is -2.39. The SMILES string of the molecule is COCCCN1C(=O)c2ccc(C(=O)NCC3(c4ccc(F)cc4F)CC3C)cc2C1=O. The Balaban J connectivity index is 1.48. The van der Waals surface area contributed by atoms with Gasteiger partial charge in [0.05, 0.1) is 11.1 Å². The van der Waals surface area contributed by atoms with E-state index < -0.39 is 28.9 Å². The summed E-state index contributed by atoms with van der Waals surface area (Å²) in [6.45, 7) is 2.80. The van der Waals surface area contributed by atoms with Gasteiger partial charge in [-0.15, -0.1) is 0 Å². The van der Waals surface area contributed by atoms with Gasteiger partial charge in [-0.2, -0.15) is 0 Å². The lowest BCUT2D eigenvalue weighted by Gasteiger charge is -2.19. The molecule has 1 N–H and O–H groups in total. The average molecular weight is 442 g/mol. The van der Waals surface area contributed by atoms with Crippen molar-refractivity contribution in [2.24, 2.45) is 5.92 Å². The van der Waals surface area contributed by atoms with Crippen LogP contribution in [0.2, 0.25) is 0 Å². The van der Waals surface area contributed by atoms with Crippen LogP contribution in [0.4, 0.5) is 8.78 Å². The van der Waals surface area contributed by atoms with E-state index in [1.807, 2.05) is 6.92 Å². The smallest absolute Gasteiger partial charge is 0.261 e. The molecule has 2 unspecified atom stereocenters. The van der Waals surface area contributed by atoms with Crippen molar-refractivity contribution in [2.45, 2.75) is 25.2 Å². The Labute approximate surface area is 184 Å². The monoisotopic (exact) mass is 442 g/mol. The number of rotatable bonds is 8. The van der Waals surface area contributed by atoms with Crippen molar-refractivity contribution in [1.82, 2.24) is 10.2 Å². The molecule has 2 aromatic rings. The predicted molar refractivity (Wildman–Crippen MR) is 112 cm³/mol. The van der Waals surface area contributed by atoms with Gasteiger partial charge in [0.1, 0.15) is 11.6 Å². The van der Waals surface area contributed by atoms with Gasteiger partial charge in [0.2, 0.25) is 0 Å². The Morgan fingerprint density at radius 3 is 2.53 bits per heavy atom. The molecule has 4 rings (SSSR count). The minimum atomic E-state index is -0.646. The Hall–Kier alpha value is -3.13. The van der Waals surface area contributed by atoms with Crippen LogP contribution in [0.25, 0.3) is 0 Å².